The summed E-state index contributed by atoms with van der Waals surface area (Å²) in [7, 11) is 1.37. The third-order valence-corrected chi connectivity index (χ3v) is 5.65. The number of esters is 2. The third kappa shape index (κ3) is 5.22. The molecule has 11 heteroatoms. The largest absolute Gasteiger partial charge is 0.493 e. The van der Waals surface area contributed by atoms with E-state index in [1.54, 1.807) is 24.3 Å². The number of nitrogens with zero attached hydrogens (tertiary/aromatic N) is 2. The van der Waals surface area contributed by atoms with Gasteiger partial charge in [0.15, 0.2) is 17.2 Å². The lowest BCUT2D eigenvalue weighted by Gasteiger charge is -2.12. The Morgan fingerprint density at radius 3 is 2.47 bits per heavy atom. The molecule has 0 aliphatic carbocycles. The summed E-state index contributed by atoms with van der Waals surface area (Å²) in [6, 6.07) is 13.7. The van der Waals surface area contributed by atoms with Gasteiger partial charge in [-0.05, 0) is 55.0 Å². The van der Waals surface area contributed by atoms with E-state index >= 15 is 0 Å². The van der Waals surface area contributed by atoms with Gasteiger partial charge in [0, 0.05) is 11.6 Å². The van der Waals surface area contributed by atoms with Crippen molar-refractivity contribution in [3.8, 4) is 11.5 Å². The van der Waals surface area contributed by atoms with Crippen molar-refractivity contribution < 1.29 is 28.7 Å². The molecule has 0 amide bonds. The summed E-state index contributed by atoms with van der Waals surface area (Å²) in [6.45, 7) is 1.90. The number of aryl methyl sites for hydroxylation is 1. The number of halogens is 2. The molecule has 182 valence electrons. The van der Waals surface area contributed by atoms with Gasteiger partial charge in [0.25, 0.3) is 5.69 Å². The van der Waals surface area contributed by atoms with Crippen LogP contribution in [0.25, 0.3) is 6.08 Å². The molecular weight excluding hydrogens is 511 g/mol. The van der Waals surface area contributed by atoms with Crippen molar-refractivity contribution in [1.82, 2.24) is 0 Å². The monoisotopic (exact) mass is 526 g/mol. The van der Waals surface area contributed by atoms with Crippen LogP contribution < -0.4 is 9.47 Å². The molecular formula is C25H16Cl2N2O7. The zero-order valence-electron chi connectivity index (χ0n) is 18.8. The van der Waals surface area contributed by atoms with Crippen LogP contribution in [0, 0.1) is 17.0 Å². The molecule has 0 saturated carbocycles. The number of cyclic esters (lactones) is 1. The Kier molecular flexibility index (Phi) is 7.05. The highest BCUT2D eigenvalue weighted by Crippen LogP contribution is 2.38. The molecule has 0 atom stereocenters. The van der Waals surface area contributed by atoms with E-state index in [0.717, 1.165) is 11.6 Å². The Morgan fingerprint density at radius 1 is 1.08 bits per heavy atom. The van der Waals surface area contributed by atoms with Crippen LogP contribution in [0.1, 0.15) is 27.0 Å². The average Bonchev–Trinajstić information content (AvgIpc) is 3.20. The van der Waals surface area contributed by atoms with Gasteiger partial charge in [0.1, 0.15) is 5.02 Å². The predicted molar refractivity (Wildman–Crippen MR) is 133 cm³/mol. The molecule has 0 unspecified atom stereocenters. The number of ether oxygens (including phenoxy) is 3. The highest BCUT2D eigenvalue weighted by molar-refractivity contribution is 6.33. The number of rotatable bonds is 6. The Morgan fingerprint density at radius 2 is 1.81 bits per heavy atom. The first-order chi connectivity index (χ1) is 17.2. The molecule has 1 aliphatic heterocycles. The SMILES string of the molecule is COc1cc(/C=C2\N=C(c3ccc(Cl)c([N+](=O)[O-])c3)OC2=O)cc(Cl)c1OC(=O)c1ccc(C)cc1. The topological polar surface area (TPSA) is 117 Å². The minimum Gasteiger partial charge on any atom is -0.493 e. The van der Waals surface area contributed by atoms with Crippen LogP contribution in [-0.2, 0) is 9.53 Å². The van der Waals surface area contributed by atoms with Crippen LogP contribution in [0.5, 0.6) is 11.5 Å². The second kappa shape index (κ2) is 10.2. The lowest BCUT2D eigenvalue weighted by atomic mass is 10.1. The predicted octanol–water partition coefficient (Wildman–Crippen LogP) is 5.78. The van der Waals surface area contributed by atoms with Gasteiger partial charge in [-0.3, -0.25) is 10.1 Å². The molecule has 0 bridgehead atoms. The van der Waals surface area contributed by atoms with E-state index in [4.69, 9.17) is 37.4 Å². The van der Waals surface area contributed by atoms with E-state index in [2.05, 4.69) is 4.99 Å². The van der Waals surface area contributed by atoms with Gasteiger partial charge in [0.2, 0.25) is 5.90 Å². The van der Waals surface area contributed by atoms with Gasteiger partial charge in [-0.1, -0.05) is 40.9 Å². The standard InChI is InChI=1S/C25H16Cl2N2O7/c1-13-3-5-15(6-4-13)24(30)35-22-18(27)9-14(11-21(22)34-2)10-19-25(31)36-23(28-19)16-7-8-17(26)20(12-16)29(32)33/h3-12H,1-2H3/b19-10-. The van der Waals surface area contributed by atoms with Gasteiger partial charge in [-0.15, -0.1) is 0 Å². The molecule has 3 aromatic carbocycles. The first-order valence-corrected chi connectivity index (χ1v) is 11.0. The number of hydrogen-bond donors (Lipinski definition) is 0. The first-order valence-electron chi connectivity index (χ1n) is 10.3. The number of nitro benzene ring substituents is 1. The lowest BCUT2D eigenvalue weighted by molar-refractivity contribution is -0.384. The Hall–Kier alpha value is -4.21. The maximum Gasteiger partial charge on any atom is 0.363 e. The minimum absolute atomic E-state index is 0.0126. The van der Waals surface area contributed by atoms with E-state index < -0.39 is 16.9 Å². The van der Waals surface area contributed by atoms with E-state index in [-0.39, 0.29) is 44.4 Å². The molecule has 0 N–H and O–H groups in total. The summed E-state index contributed by atoms with van der Waals surface area (Å²) < 4.78 is 16.0. The third-order valence-electron chi connectivity index (χ3n) is 5.05. The van der Waals surface area contributed by atoms with Gasteiger partial charge < -0.3 is 14.2 Å². The number of hydrogen-bond acceptors (Lipinski definition) is 8. The van der Waals surface area contributed by atoms with Gasteiger partial charge in [-0.25, -0.2) is 14.6 Å². The Labute approximate surface area is 214 Å². The van der Waals surface area contributed by atoms with E-state index in [0.29, 0.717) is 11.1 Å². The number of nitro groups is 1. The van der Waals surface area contributed by atoms with Crippen LogP contribution in [0.2, 0.25) is 10.0 Å². The van der Waals surface area contributed by atoms with Crippen molar-refractivity contribution in [2.75, 3.05) is 7.11 Å². The summed E-state index contributed by atoms with van der Waals surface area (Å²) in [5.41, 5.74) is 1.51. The molecule has 0 aromatic heterocycles. The maximum absolute atomic E-state index is 12.5. The first kappa shape index (κ1) is 24.9. The summed E-state index contributed by atoms with van der Waals surface area (Å²) in [4.78, 5) is 39.5. The van der Waals surface area contributed by atoms with Crippen molar-refractivity contribution in [3.05, 3.63) is 103 Å². The number of aliphatic imine (C=N–C) groups is 1. The van der Waals surface area contributed by atoms with Crippen LogP contribution in [0.4, 0.5) is 5.69 Å². The second-order valence-electron chi connectivity index (χ2n) is 7.55. The zero-order valence-corrected chi connectivity index (χ0v) is 20.3. The zero-order chi connectivity index (χ0) is 26.0. The van der Waals surface area contributed by atoms with Crippen LogP contribution in [0.3, 0.4) is 0 Å². The van der Waals surface area contributed by atoms with E-state index in [1.807, 2.05) is 6.92 Å². The highest BCUT2D eigenvalue weighted by atomic mass is 35.5. The van der Waals surface area contributed by atoms with Gasteiger partial charge >= 0.3 is 11.9 Å². The number of carbonyl (C=O) groups is 2. The van der Waals surface area contributed by atoms with E-state index in [1.165, 1.54) is 37.5 Å². The molecule has 9 nitrogen and oxygen atoms in total. The summed E-state index contributed by atoms with van der Waals surface area (Å²) in [5, 5.41) is 11.1. The highest BCUT2D eigenvalue weighted by Gasteiger charge is 2.27. The van der Waals surface area contributed by atoms with Crippen molar-refractivity contribution in [2.45, 2.75) is 6.92 Å². The smallest absolute Gasteiger partial charge is 0.363 e. The van der Waals surface area contributed by atoms with Crippen LogP contribution in [-0.4, -0.2) is 29.9 Å². The molecule has 0 fully saturated rings. The quantitative estimate of drug-likeness (QED) is 0.131. The van der Waals surface area contributed by atoms with Crippen molar-refractivity contribution in [3.63, 3.8) is 0 Å². The van der Waals surface area contributed by atoms with Crippen molar-refractivity contribution >= 4 is 52.8 Å². The Balaban J connectivity index is 1.63. The summed E-state index contributed by atoms with van der Waals surface area (Å²) in [6.07, 6.45) is 1.39. The second-order valence-corrected chi connectivity index (χ2v) is 8.36. The molecule has 3 aromatic rings. The van der Waals surface area contributed by atoms with Crippen LogP contribution in [0.15, 0.2) is 65.3 Å². The summed E-state index contributed by atoms with van der Waals surface area (Å²) >= 11 is 12.2. The minimum atomic E-state index is -0.771. The molecule has 0 saturated heterocycles. The number of carbonyl (C=O) groups excluding carboxylic acids is 2. The van der Waals surface area contributed by atoms with Gasteiger partial charge in [0.05, 0.1) is 22.6 Å². The molecule has 36 heavy (non-hydrogen) atoms. The van der Waals surface area contributed by atoms with E-state index in [9.17, 15) is 19.7 Å². The molecule has 1 heterocycles. The van der Waals surface area contributed by atoms with Crippen molar-refractivity contribution in [1.29, 1.82) is 0 Å². The average molecular weight is 527 g/mol. The lowest BCUT2D eigenvalue weighted by Crippen LogP contribution is -2.09. The fourth-order valence-corrected chi connectivity index (χ4v) is 3.68. The number of methoxy groups -OCH3 is 1. The Bertz CT molecular complexity index is 1460. The molecule has 0 radical (unpaired) electrons. The van der Waals surface area contributed by atoms with Gasteiger partial charge in [-0.2, -0.15) is 0 Å². The van der Waals surface area contributed by atoms with Crippen LogP contribution >= 0.6 is 23.2 Å². The maximum atomic E-state index is 12.5. The molecule has 1 aliphatic rings. The molecule has 4 rings (SSSR count). The fraction of sp³-hybridized carbons (Fsp3) is 0.0800. The molecule has 0 spiro atoms. The normalized spacial score (nSPS) is 13.8. The summed E-state index contributed by atoms with van der Waals surface area (Å²) in [5.74, 6) is -1.34. The van der Waals surface area contributed by atoms with Crippen molar-refractivity contribution in [2.24, 2.45) is 4.99 Å². The number of benzene rings is 3. The fourth-order valence-electron chi connectivity index (χ4n) is 3.24.